The number of nitrogens with two attached hydrogens (primary N) is 1. The molecule has 0 spiro atoms. The Morgan fingerprint density at radius 1 is 1.48 bits per heavy atom. The van der Waals surface area contributed by atoms with Gasteiger partial charge in [-0.05, 0) is 44.0 Å². The molecule has 1 heterocycles. The van der Waals surface area contributed by atoms with E-state index in [9.17, 15) is 4.79 Å². The maximum Gasteiger partial charge on any atom is 0.222 e. The fourth-order valence-corrected chi connectivity index (χ4v) is 3.15. The first-order valence-corrected chi connectivity index (χ1v) is 7.95. The highest BCUT2D eigenvalue weighted by Crippen LogP contribution is 2.33. The Bertz CT molecular complexity index is 506. The molecule has 1 aromatic carbocycles. The van der Waals surface area contributed by atoms with E-state index in [1.807, 2.05) is 6.07 Å². The van der Waals surface area contributed by atoms with Crippen molar-refractivity contribution in [3.8, 4) is 0 Å². The molecule has 1 aliphatic heterocycles. The highest BCUT2D eigenvalue weighted by molar-refractivity contribution is 6.33. The van der Waals surface area contributed by atoms with Gasteiger partial charge in [0.1, 0.15) is 0 Å². The summed E-state index contributed by atoms with van der Waals surface area (Å²) < 4.78 is 0. The smallest absolute Gasteiger partial charge is 0.222 e. The zero-order valence-corrected chi connectivity index (χ0v) is 13.5. The topological polar surface area (TPSA) is 58.4 Å². The van der Waals surface area contributed by atoms with Crippen LogP contribution in [0.2, 0.25) is 5.02 Å². The monoisotopic (exact) mass is 309 g/mol. The Kier molecular flexibility index (Phi) is 5.48. The van der Waals surface area contributed by atoms with Gasteiger partial charge in [0.05, 0.1) is 16.6 Å². The van der Waals surface area contributed by atoms with Gasteiger partial charge in [0, 0.05) is 19.1 Å². The van der Waals surface area contributed by atoms with Crippen LogP contribution in [0.25, 0.3) is 0 Å². The number of carbonyl (C=O) groups is 1. The summed E-state index contributed by atoms with van der Waals surface area (Å²) in [6.07, 6.45) is 1.83. The molecular weight excluding hydrogens is 286 g/mol. The van der Waals surface area contributed by atoms with Crippen LogP contribution in [0.1, 0.15) is 32.3 Å². The van der Waals surface area contributed by atoms with E-state index in [1.54, 1.807) is 0 Å². The number of halogens is 1. The maximum atomic E-state index is 11.4. The minimum atomic E-state index is -0.216. The second-order valence-electron chi connectivity index (χ2n) is 5.74. The molecular formula is C16H24ClN3O. The van der Waals surface area contributed by atoms with Gasteiger partial charge in [-0.3, -0.25) is 4.79 Å². The number of anilines is 1. The second-order valence-corrected chi connectivity index (χ2v) is 6.15. The fourth-order valence-electron chi connectivity index (χ4n) is 2.84. The molecule has 3 N–H and O–H groups in total. The van der Waals surface area contributed by atoms with Gasteiger partial charge in [0.2, 0.25) is 5.91 Å². The molecule has 4 nitrogen and oxygen atoms in total. The summed E-state index contributed by atoms with van der Waals surface area (Å²) in [6, 6.07) is 6.51. The molecule has 0 saturated carbocycles. The number of carbonyl (C=O) groups excluding carboxylic acids is 1. The third-order valence-corrected chi connectivity index (χ3v) is 4.49. The van der Waals surface area contributed by atoms with E-state index in [1.165, 1.54) is 5.56 Å². The molecule has 1 amide bonds. The third kappa shape index (κ3) is 3.89. The average molecular weight is 310 g/mol. The molecule has 1 aromatic rings. The molecule has 0 radical (unpaired) electrons. The molecule has 2 rings (SSSR count). The van der Waals surface area contributed by atoms with Gasteiger partial charge >= 0.3 is 0 Å². The number of benzene rings is 1. The molecule has 2 atom stereocenters. The van der Waals surface area contributed by atoms with Crippen LogP contribution in [-0.2, 0) is 11.3 Å². The number of piperidine rings is 1. The summed E-state index contributed by atoms with van der Waals surface area (Å²) in [6.45, 7) is 6.65. The Morgan fingerprint density at radius 3 is 2.86 bits per heavy atom. The van der Waals surface area contributed by atoms with E-state index in [-0.39, 0.29) is 11.8 Å². The van der Waals surface area contributed by atoms with Gasteiger partial charge in [0.25, 0.3) is 0 Å². The van der Waals surface area contributed by atoms with E-state index < -0.39 is 0 Å². The molecule has 1 fully saturated rings. The Morgan fingerprint density at radius 2 is 2.24 bits per heavy atom. The molecule has 1 aliphatic rings. The van der Waals surface area contributed by atoms with Gasteiger partial charge in [-0.2, -0.15) is 0 Å². The lowest BCUT2D eigenvalue weighted by molar-refractivity contribution is -0.122. The third-order valence-electron chi connectivity index (χ3n) is 4.19. The first-order chi connectivity index (χ1) is 10.0. The van der Waals surface area contributed by atoms with Crippen molar-refractivity contribution in [2.75, 3.05) is 18.0 Å². The summed E-state index contributed by atoms with van der Waals surface area (Å²) in [7, 11) is 0. The number of rotatable bonds is 5. The van der Waals surface area contributed by atoms with Crippen LogP contribution in [0, 0.1) is 5.92 Å². The van der Waals surface area contributed by atoms with Crippen molar-refractivity contribution in [1.29, 1.82) is 0 Å². The highest BCUT2D eigenvalue weighted by Gasteiger charge is 2.29. The SMILES string of the molecule is CCNCc1ccc(N2CC(C(N)=O)CCC2C)c(Cl)c1. The van der Waals surface area contributed by atoms with Crippen LogP contribution in [-0.4, -0.2) is 25.0 Å². The zero-order valence-electron chi connectivity index (χ0n) is 12.7. The van der Waals surface area contributed by atoms with E-state index in [4.69, 9.17) is 17.3 Å². The predicted octanol–water partition coefficient (Wildman–Crippen LogP) is 2.54. The van der Waals surface area contributed by atoms with Gasteiger partial charge < -0.3 is 16.0 Å². The van der Waals surface area contributed by atoms with Gasteiger partial charge in [-0.25, -0.2) is 0 Å². The van der Waals surface area contributed by atoms with Crippen molar-refractivity contribution in [3.05, 3.63) is 28.8 Å². The molecule has 5 heteroatoms. The molecule has 116 valence electrons. The molecule has 0 bridgehead atoms. The molecule has 21 heavy (non-hydrogen) atoms. The number of hydrogen-bond donors (Lipinski definition) is 2. The molecule has 2 unspecified atom stereocenters. The lowest BCUT2D eigenvalue weighted by Crippen LogP contribution is -2.46. The van der Waals surface area contributed by atoms with E-state index in [0.29, 0.717) is 12.6 Å². The van der Waals surface area contributed by atoms with Crippen LogP contribution >= 0.6 is 11.6 Å². The van der Waals surface area contributed by atoms with Gasteiger partial charge in [0.15, 0.2) is 0 Å². The van der Waals surface area contributed by atoms with E-state index in [0.717, 1.165) is 36.6 Å². The molecule has 0 aromatic heterocycles. The predicted molar refractivity (Wildman–Crippen MR) is 87.6 cm³/mol. The summed E-state index contributed by atoms with van der Waals surface area (Å²) in [5.74, 6) is -0.300. The normalized spacial score (nSPS) is 22.3. The van der Waals surface area contributed by atoms with Crippen molar-refractivity contribution >= 4 is 23.2 Å². The fraction of sp³-hybridized carbons (Fsp3) is 0.562. The van der Waals surface area contributed by atoms with Crippen LogP contribution in [0.4, 0.5) is 5.69 Å². The molecule has 1 saturated heterocycles. The van der Waals surface area contributed by atoms with Crippen molar-refractivity contribution < 1.29 is 4.79 Å². The number of nitrogens with one attached hydrogen (secondary N) is 1. The van der Waals surface area contributed by atoms with Crippen molar-refractivity contribution in [2.45, 2.75) is 39.3 Å². The minimum Gasteiger partial charge on any atom is -0.369 e. The first-order valence-electron chi connectivity index (χ1n) is 7.58. The van der Waals surface area contributed by atoms with Crippen molar-refractivity contribution in [3.63, 3.8) is 0 Å². The number of nitrogens with zero attached hydrogens (tertiary/aromatic N) is 1. The van der Waals surface area contributed by atoms with Gasteiger partial charge in [-0.15, -0.1) is 0 Å². The quantitative estimate of drug-likeness (QED) is 0.879. The lowest BCUT2D eigenvalue weighted by Gasteiger charge is -2.39. The largest absolute Gasteiger partial charge is 0.369 e. The summed E-state index contributed by atoms with van der Waals surface area (Å²) in [5, 5.41) is 4.03. The van der Waals surface area contributed by atoms with Crippen LogP contribution in [0.5, 0.6) is 0 Å². The first kappa shape index (κ1) is 16.1. The lowest BCUT2D eigenvalue weighted by atomic mass is 9.92. The number of amides is 1. The summed E-state index contributed by atoms with van der Waals surface area (Å²) in [4.78, 5) is 13.7. The highest BCUT2D eigenvalue weighted by atomic mass is 35.5. The Labute approximate surface area is 131 Å². The molecule has 0 aliphatic carbocycles. The average Bonchev–Trinajstić information content (AvgIpc) is 2.46. The van der Waals surface area contributed by atoms with Crippen molar-refractivity contribution in [2.24, 2.45) is 11.7 Å². The second kappa shape index (κ2) is 7.14. The van der Waals surface area contributed by atoms with E-state index >= 15 is 0 Å². The Balaban J connectivity index is 2.17. The maximum absolute atomic E-state index is 11.4. The van der Waals surface area contributed by atoms with Gasteiger partial charge in [-0.1, -0.05) is 24.6 Å². The number of primary amides is 1. The van der Waals surface area contributed by atoms with Crippen LogP contribution in [0.15, 0.2) is 18.2 Å². The van der Waals surface area contributed by atoms with Crippen LogP contribution in [0.3, 0.4) is 0 Å². The Hall–Kier alpha value is -1.26. The zero-order chi connectivity index (χ0) is 15.4. The van der Waals surface area contributed by atoms with Crippen LogP contribution < -0.4 is 16.0 Å². The minimum absolute atomic E-state index is 0.0845. The standard InChI is InChI=1S/C16H24ClN3O/c1-3-19-9-12-5-7-15(14(17)8-12)20-10-13(16(18)21)6-4-11(20)2/h5,7-8,11,13,19H,3-4,6,9-10H2,1-2H3,(H2,18,21). The summed E-state index contributed by atoms with van der Waals surface area (Å²) >= 11 is 6.45. The van der Waals surface area contributed by atoms with E-state index in [2.05, 4.69) is 36.2 Å². The summed E-state index contributed by atoms with van der Waals surface area (Å²) in [5.41, 5.74) is 7.63. The van der Waals surface area contributed by atoms with Crippen molar-refractivity contribution in [1.82, 2.24) is 5.32 Å². The number of hydrogen-bond acceptors (Lipinski definition) is 3.